The lowest BCUT2D eigenvalue weighted by Crippen LogP contribution is -2.52. The van der Waals surface area contributed by atoms with Crippen LogP contribution in [0, 0.1) is 6.92 Å². The smallest absolute Gasteiger partial charge is 0.331 e. The third-order valence-corrected chi connectivity index (χ3v) is 5.73. The monoisotopic (exact) mass is 492 g/mol. The zero-order chi connectivity index (χ0) is 26.1. The minimum Gasteiger partial charge on any atom is -0.493 e. The van der Waals surface area contributed by atoms with Gasteiger partial charge in [-0.3, -0.25) is 9.59 Å². The summed E-state index contributed by atoms with van der Waals surface area (Å²) in [6, 6.07) is 16.6. The van der Waals surface area contributed by atoms with Crippen LogP contribution in [0.15, 0.2) is 59.0 Å². The number of carbonyl (C=O) groups is 3. The molecule has 1 aromatic heterocycles. The summed E-state index contributed by atoms with van der Waals surface area (Å²) >= 11 is 0. The minimum atomic E-state index is -1.26. The molecule has 0 aliphatic heterocycles. The Morgan fingerprint density at radius 3 is 2.39 bits per heavy atom. The highest BCUT2D eigenvalue weighted by Gasteiger charge is 2.36. The van der Waals surface area contributed by atoms with Crippen LogP contribution in [0.1, 0.15) is 55.4 Å². The summed E-state index contributed by atoms with van der Waals surface area (Å²) < 4.78 is 16.7. The van der Waals surface area contributed by atoms with Gasteiger partial charge in [0.05, 0.1) is 18.9 Å². The zero-order valence-corrected chi connectivity index (χ0v) is 21.1. The predicted octanol–water partition coefficient (Wildman–Crippen LogP) is 4.69. The number of nitrogens with one attached hydrogen (secondary N) is 1. The maximum atomic E-state index is 12.7. The molecule has 2 aromatic carbocycles. The summed E-state index contributed by atoms with van der Waals surface area (Å²) in [5, 5.41) is 2.61. The van der Waals surface area contributed by atoms with Crippen molar-refractivity contribution in [2.45, 2.75) is 52.5 Å². The Hall–Kier alpha value is -3.94. The Labute approximate surface area is 211 Å². The third-order valence-electron chi connectivity index (χ3n) is 5.73. The largest absolute Gasteiger partial charge is 0.493 e. The standard InChI is InChI=1S/C28H32N2O6/c1-5-34-27(33)28(4,30-20(3)31)17-15-25(32)21-11-13-23(14-12-21)35-18-16-24-19(2)36-26(29-24)22-9-7-6-8-10-22/h6-14H,5,15-18H2,1-4H3,(H,30,31). The first kappa shape index (κ1) is 26.7. The summed E-state index contributed by atoms with van der Waals surface area (Å²) in [5.41, 5.74) is 0.994. The van der Waals surface area contributed by atoms with Crippen molar-refractivity contribution in [2.75, 3.05) is 13.2 Å². The molecule has 0 saturated carbocycles. The molecular weight excluding hydrogens is 460 g/mol. The number of aromatic nitrogens is 1. The molecule has 1 N–H and O–H groups in total. The highest BCUT2D eigenvalue weighted by atomic mass is 16.5. The lowest BCUT2D eigenvalue weighted by Gasteiger charge is -2.27. The average molecular weight is 493 g/mol. The topological polar surface area (TPSA) is 108 Å². The zero-order valence-electron chi connectivity index (χ0n) is 21.1. The molecule has 190 valence electrons. The highest BCUT2D eigenvalue weighted by molar-refractivity contribution is 5.97. The molecule has 0 radical (unpaired) electrons. The van der Waals surface area contributed by atoms with Crippen molar-refractivity contribution in [3.63, 3.8) is 0 Å². The quantitative estimate of drug-likeness (QED) is 0.289. The molecule has 1 unspecified atom stereocenters. The third kappa shape index (κ3) is 7.04. The fraction of sp³-hybridized carbons (Fsp3) is 0.357. The van der Waals surface area contributed by atoms with Gasteiger partial charge in [0, 0.05) is 30.9 Å². The molecule has 3 rings (SSSR count). The Bertz CT molecular complexity index is 1190. The molecule has 0 fully saturated rings. The molecule has 0 aliphatic rings. The van der Waals surface area contributed by atoms with E-state index >= 15 is 0 Å². The Morgan fingerprint density at radius 1 is 1.06 bits per heavy atom. The van der Waals surface area contributed by atoms with E-state index in [4.69, 9.17) is 13.9 Å². The van der Waals surface area contributed by atoms with Gasteiger partial charge < -0.3 is 19.2 Å². The van der Waals surface area contributed by atoms with Crippen molar-refractivity contribution in [2.24, 2.45) is 0 Å². The fourth-order valence-electron chi connectivity index (χ4n) is 3.77. The molecule has 36 heavy (non-hydrogen) atoms. The lowest BCUT2D eigenvalue weighted by atomic mass is 9.92. The van der Waals surface area contributed by atoms with Gasteiger partial charge in [0.25, 0.3) is 0 Å². The number of nitrogens with zero attached hydrogens (tertiary/aromatic N) is 1. The van der Waals surface area contributed by atoms with Gasteiger partial charge in [-0.2, -0.15) is 0 Å². The number of Topliss-reactive ketones (excluding diaryl/α,β-unsaturated/α-hetero) is 1. The normalized spacial score (nSPS) is 12.4. The molecule has 0 bridgehead atoms. The van der Waals surface area contributed by atoms with Crippen molar-refractivity contribution in [3.8, 4) is 17.2 Å². The number of carbonyl (C=O) groups excluding carboxylic acids is 3. The van der Waals surface area contributed by atoms with Crippen molar-refractivity contribution in [1.82, 2.24) is 10.3 Å². The molecule has 8 heteroatoms. The first-order chi connectivity index (χ1) is 17.2. The van der Waals surface area contributed by atoms with E-state index in [9.17, 15) is 14.4 Å². The average Bonchev–Trinajstić information content (AvgIpc) is 3.23. The maximum Gasteiger partial charge on any atom is 0.331 e. The summed E-state index contributed by atoms with van der Waals surface area (Å²) in [5.74, 6) is 0.905. The Kier molecular flexibility index (Phi) is 9.00. The number of aryl methyl sites for hydroxylation is 1. The maximum absolute atomic E-state index is 12.7. The summed E-state index contributed by atoms with van der Waals surface area (Å²) in [6.45, 7) is 7.06. The second kappa shape index (κ2) is 12.2. The van der Waals surface area contributed by atoms with E-state index < -0.39 is 11.5 Å². The van der Waals surface area contributed by atoms with Crippen LogP contribution in [0.2, 0.25) is 0 Å². The fourth-order valence-corrected chi connectivity index (χ4v) is 3.77. The van der Waals surface area contributed by atoms with Crippen LogP contribution in [0.25, 0.3) is 11.5 Å². The number of esters is 1. The highest BCUT2D eigenvalue weighted by Crippen LogP contribution is 2.22. The molecule has 0 spiro atoms. The van der Waals surface area contributed by atoms with Gasteiger partial charge in [-0.25, -0.2) is 9.78 Å². The van der Waals surface area contributed by atoms with E-state index in [0.29, 0.717) is 30.2 Å². The summed E-state index contributed by atoms with van der Waals surface area (Å²) in [4.78, 5) is 41.2. The van der Waals surface area contributed by atoms with Crippen LogP contribution in [0.5, 0.6) is 5.75 Å². The van der Waals surface area contributed by atoms with Crippen molar-refractivity contribution >= 4 is 17.7 Å². The van der Waals surface area contributed by atoms with Gasteiger partial charge >= 0.3 is 5.97 Å². The van der Waals surface area contributed by atoms with Gasteiger partial charge in [0.1, 0.15) is 17.0 Å². The molecule has 3 aromatic rings. The number of hydrogen-bond donors (Lipinski definition) is 1. The van der Waals surface area contributed by atoms with E-state index in [1.807, 2.05) is 37.3 Å². The van der Waals surface area contributed by atoms with Gasteiger partial charge in [-0.1, -0.05) is 18.2 Å². The number of oxazole rings is 1. The first-order valence-electron chi connectivity index (χ1n) is 12.0. The van der Waals surface area contributed by atoms with Gasteiger partial charge in [-0.15, -0.1) is 0 Å². The van der Waals surface area contributed by atoms with Crippen molar-refractivity contribution in [3.05, 3.63) is 71.6 Å². The molecule has 1 atom stereocenters. The molecular formula is C28H32N2O6. The second-order valence-corrected chi connectivity index (χ2v) is 8.67. The van der Waals surface area contributed by atoms with Crippen LogP contribution in [0.4, 0.5) is 0 Å². The van der Waals surface area contributed by atoms with E-state index in [0.717, 1.165) is 17.0 Å². The number of amides is 1. The molecule has 1 heterocycles. The summed E-state index contributed by atoms with van der Waals surface area (Å²) in [7, 11) is 0. The van der Waals surface area contributed by atoms with E-state index in [1.54, 1.807) is 38.1 Å². The molecule has 0 saturated heterocycles. The lowest BCUT2D eigenvalue weighted by molar-refractivity contribution is -0.152. The second-order valence-electron chi connectivity index (χ2n) is 8.67. The van der Waals surface area contributed by atoms with Crippen LogP contribution in [-0.2, 0) is 20.7 Å². The van der Waals surface area contributed by atoms with Gasteiger partial charge in [-0.05, 0) is 63.6 Å². The van der Waals surface area contributed by atoms with E-state index in [2.05, 4.69) is 10.3 Å². The van der Waals surface area contributed by atoms with E-state index in [1.165, 1.54) is 6.92 Å². The number of rotatable bonds is 12. The summed E-state index contributed by atoms with van der Waals surface area (Å²) in [6.07, 6.45) is 0.786. The number of ether oxygens (including phenoxy) is 2. The Morgan fingerprint density at radius 2 is 1.75 bits per heavy atom. The number of hydrogen-bond acceptors (Lipinski definition) is 7. The van der Waals surface area contributed by atoms with Crippen LogP contribution >= 0.6 is 0 Å². The van der Waals surface area contributed by atoms with Crippen LogP contribution in [-0.4, -0.2) is 41.4 Å². The molecule has 8 nitrogen and oxygen atoms in total. The predicted molar refractivity (Wildman–Crippen MR) is 135 cm³/mol. The van der Waals surface area contributed by atoms with Crippen molar-refractivity contribution < 1.29 is 28.3 Å². The molecule has 1 amide bonds. The van der Waals surface area contributed by atoms with Gasteiger partial charge in [0.2, 0.25) is 11.8 Å². The van der Waals surface area contributed by atoms with Gasteiger partial charge in [0.15, 0.2) is 5.78 Å². The van der Waals surface area contributed by atoms with E-state index in [-0.39, 0.29) is 31.1 Å². The number of ketones is 1. The molecule has 0 aliphatic carbocycles. The van der Waals surface area contributed by atoms with Crippen molar-refractivity contribution in [1.29, 1.82) is 0 Å². The van der Waals surface area contributed by atoms with Crippen LogP contribution in [0.3, 0.4) is 0 Å². The SMILES string of the molecule is CCOC(=O)C(C)(CCC(=O)c1ccc(OCCc2nc(-c3ccccc3)oc2C)cc1)NC(C)=O. The van der Waals surface area contributed by atoms with Crippen LogP contribution < -0.4 is 10.1 Å². The first-order valence-corrected chi connectivity index (χ1v) is 12.0. The Balaban J connectivity index is 1.53. The minimum absolute atomic E-state index is 0.0744. The number of benzene rings is 2.